The molecule has 0 saturated carbocycles. The van der Waals surface area contributed by atoms with Crippen molar-refractivity contribution in [3.63, 3.8) is 0 Å². The average Bonchev–Trinajstić information content (AvgIpc) is 3.30. The number of nitrogens with one attached hydrogen (secondary N) is 1. The van der Waals surface area contributed by atoms with Gasteiger partial charge < -0.3 is 5.32 Å². The summed E-state index contributed by atoms with van der Waals surface area (Å²) in [5.41, 5.74) is 5.38. The van der Waals surface area contributed by atoms with Crippen LogP contribution in [-0.2, 0) is 11.3 Å². The van der Waals surface area contributed by atoms with Gasteiger partial charge in [-0.25, -0.2) is 0 Å². The van der Waals surface area contributed by atoms with Crippen LogP contribution in [0.2, 0.25) is 0 Å². The number of likely N-dealkylation sites (tertiary alicyclic amines) is 1. The number of hydrogen-bond acceptors (Lipinski definition) is 3. The lowest BCUT2D eigenvalue weighted by Gasteiger charge is -2.18. The molecule has 0 bridgehead atoms. The summed E-state index contributed by atoms with van der Waals surface area (Å²) in [7, 11) is 0. The molecule has 33 heavy (non-hydrogen) atoms. The lowest BCUT2D eigenvalue weighted by atomic mass is 9.88. The fourth-order valence-electron chi connectivity index (χ4n) is 4.70. The van der Waals surface area contributed by atoms with Crippen LogP contribution in [-0.4, -0.2) is 28.9 Å². The zero-order chi connectivity index (χ0) is 22.5. The third kappa shape index (κ3) is 5.02. The van der Waals surface area contributed by atoms with E-state index < -0.39 is 0 Å². The Hall–Kier alpha value is -3.76. The van der Waals surface area contributed by atoms with Gasteiger partial charge in [0.25, 0.3) is 0 Å². The second kappa shape index (κ2) is 9.80. The van der Waals surface area contributed by atoms with Crippen molar-refractivity contribution in [2.45, 2.75) is 12.5 Å². The van der Waals surface area contributed by atoms with E-state index in [-0.39, 0.29) is 17.7 Å². The first-order valence-corrected chi connectivity index (χ1v) is 11.4. The molecule has 0 aliphatic carbocycles. The Labute approximate surface area is 194 Å². The van der Waals surface area contributed by atoms with Crippen molar-refractivity contribution in [2.24, 2.45) is 5.92 Å². The van der Waals surface area contributed by atoms with Crippen LogP contribution in [0, 0.1) is 5.92 Å². The molecule has 0 spiro atoms. The van der Waals surface area contributed by atoms with Crippen molar-refractivity contribution < 1.29 is 4.79 Å². The molecule has 1 aromatic heterocycles. The van der Waals surface area contributed by atoms with Crippen molar-refractivity contribution >= 4 is 11.6 Å². The van der Waals surface area contributed by atoms with Crippen molar-refractivity contribution in [1.29, 1.82) is 0 Å². The summed E-state index contributed by atoms with van der Waals surface area (Å²) < 4.78 is 0. The van der Waals surface area contributed by atoms with Crippen molar-refractivity contribution in [3.05, 3.63) is 121 Å². The molecule has 164 valence electrons. The van der Waals surface area contributed by atoms with Crippen LogP contribution in [0.25, 0.3) is 11.1 Å². The highest BCUT2D eigenvalue weighted by Gasteiger charge is 2.38. The van der Waals surface area contributed by atoms with Gasteiger partial charge in [0.15, 0.2) is 0 Å². The smallest absolute Gasteiger partial charge is 0.229 e. The van der Waals surface area contributed by atoms with Gasteiger partial charge in [-0.3, -0.25) is 14.7 Å². The zero-order valence-electron chi connectivity index (χ0n) is 18.5. The molecule has 0 radical (unpaired) electrons. The van der Waals surface area contributed by atoms with Gasteiger partial charge in [0, 0.05) is 49.2 Å². The molecule has 2 unspecified atom stereocenters. The maximum atomic E-state index is 13.5. The maximum absolute atomic E-state index is 13.5. The van der Waals surface area contributed by atoms with Crippen LogP contribution >= 0.6 is 0 Å². The molecule has 4 heteroatoms. The number of hydrogen-bond donors (Lipinski definition) is 1. The minimum absolute atomic E-state index is 0.0720. The van der Waals surface area contributed by atoms with Gasteiger partial charge in [-0.2, -0.15) is 0 Å². The highest BCUT2D eigenvalue weighted by molar-refractivity contribution is 5.94. The topological polar surface area (TPSA) is 45.2 Å². The highest BCUT2D eigenvalue weighted by atomic mass is 16.2. The SMILES string of the molecule is O=C(Nc1cccc(-c2cccnc2)c1)C1CN(Cc2ccccc2)CC1c1ccccc1. The molecule has 5 rings (SSSR count). The van der Waals surface area contributed by atoms with E-state index in [9.17, 15) is 4.79 Å². The van der Waals surface area contributed by atoms with Gasteiger partial charge in [0.05, 0.1) is 5.92 Å². The summed E-state index contributed by atoms with van der Waals surface area (Å²) in [6.45, 7) is 2.46. The molecule has 2 atom stereocenters. The van der Waals surface area contributed by atoms with Gasteiger partial charge in [-0.1, -0.05) is 78.9 Å². The monoisotopic (exact) mass is 433 g/mol. The molecular weight excluding hydrogens is 406 g/mol. The van der Waals surface area contributed by atoms with Crippen molar-refractivity contribution in [1.82, 2.24) is 9.88 Å². The minimum Gasteiger partial charge on any atom is -0.326 e. The number of amides is 1. The Morgan fingerprint density at radius 1 is 0.848 bits per heavy atom. The maximum Gasteiger partial charge on any atom is 0.229 e. The lowest BCUT2D eigenvalue weighted by molar-refractivity contribution is -0.119. The fourth-order valence-corrected chi connectivity index (χ4v) is 4.70. The predicted octanol–water partition coefficient (Wildman–Crippen LogP) is 5.60. The molecule has 1 amide bonds. The molecule has 3 aromatic carbocycles. The number of aromatic nitrogens is 1. The van der Waals surface area contributed by atoms with E-state index in [1.54, 1.807) is 6.20 Å². The number of nitrogens with zero attached hydrogens (tertiary/aromatic N) is 2. The van der Waals surface area contributed by atoms with Crippen molar-refractivity contribution in [2.75, 3.05) is 18.4 Å². The number of benzene rings is 3. The lowest BCUT2D eigenvalue weighted by Crippen LogP contribution is -2.28. The standard InChI is InChI=1S/C29H27N3O/c33-29(31-26-15-7-13-24(17-26)25-14-8-16-30-18-25)28-21-32(19-22-9-3-1-4-10-22)20-27(28)23-11-5-2-6-12-23/h1-18,27-28H,19-21H2,(H,31,33). The fraction of sp³-hybridized carbons (Fsp3) is 0.172. The molecule has 1 aliphatic heterocycles. The third-order valence-electron chi connectivity index (χ3n) is 6.33. The van der Waals surface area contributed by atoms with Gasteiger partial charge >= 0.3 is 0 Å². The van der Waals surface area contributed by atoms with Crippen LogP contribution < -0.4 is 5.32 Å². The van der Waals surface area contributed by atoms with E-state index >= 15 is 0 Å². The van der Waals surface area contributed by atoms with Crippen LogP contribution in [0.4, 0.5) is 5.69 Å². The molecule has 1 N–H and O–H groups in total. The molecule has 1 aliphatic rings. The van der Waals surface area contributed by atoms with E-state index in [1.165, 1.54) is 11.1 Å². The molecule has 2 heterocycles. The first-order valence-electron chi connectivity index (χ1n) is 11.4. The predicted molar refractivity (Wildman–Crippen MR) is 133 cm³/mol. The van der Waals surface area contributed by atoms with E-state index in [1.807, 2.05) is 54.7 Å². The average molecular weight is 434 g/mol. The molecule has 4 nitrogen and oxygen atoms in total. The van der Waals surface area contributed by atoms with Crippen molar-refractivity contribution in [3.8, 4) is 11.1 Å². The van der Waals surface area contributed by atoms with Gasteiger partial charge in [0.1, 0.15) is 0 Å². The number of pyridine rings is 1. The summed E-state index contributed by atoms with van der Waals surface area (Å²) in [5.74, 6) is 0.123. The quantitative estimate of drug-likeness (QED) is 0.430. The summed E-state index contributed by atoms with van der Waals surface area (Å²) in [6.07, 6.45) is 3.60. The largest absolute Gasteiger partial charge is 0.326 e. The van der Waals surface area contributed by atoms with E-state index in [0.717, 1.165) is 36.4 Å². The number of carbonyl (C=O) groups is 1. The highest BCUT2D eigenvalue weighted by Crippen LogP contribution is 2.34. The normalized spacial score (nSPS) is 18.2. The Morgan fingerprint density at radius 3 is 2.36 bits per heavy atom. The Kier molecular flexibility index (Phi) is 6.27. The molecule has 4 aromatic rings. The van der Waals surface area contributed by atoms with Crippen LogP contribution in [0.5, 0.6) is 0 Å². The third-order valence-corrected chi connectivity index (χ3v) is 6.33. The number of anilines is 1. The molecule has 1 saturated heterocycles. The summed E-state index contributed by atoms with van der Waals surface area (Å²) in [4.78, 5) is 20.1. The van der Waals surface area contributed by atoms with E-state index in [4.69, 9.17) is 0 Å². The summed E-state index contributed by atoms with van der Waals surface area (Å²) in [6, 6.07) is 32.8. The van der Waals surface area contributed by atoms with E-state index in [0.29, 0.717) is 0 Å². The first kappa shape index (κ1) is 21.1. The summed E-state index contributed by atoms with van der Waals surface area (Å²) >= 11 is 0. The van der Waals surface area contributed by atoms with Crippen LogP contribution in [0.15, 0.2) is 109 Å². The Morgan fingerprint density at radius 2 is 1.61 bits per heavy atom. The first-order chi connectivity index (χ1) is 16.3. The molecular formula is C29H27N3O. The Balaban J connectivity index is 1.36. The van der Waals surface area contributed by atoms with Crippen LogP contribution in [0.3, 0.4) is 0 Å². The van der Waals surface area contributed by atoms with Gasteiger partial charge in [-0.05, 0) is 34.9 Å². The van der Waals surface area contributed by atoms with E-state index in [2.05, 4.69) is 63.7 Å². The zero-order valence-corrected chi connectivity index (χ0v) is 18.5. The van der Waals surface area contributed by atoms with Gasteiger partial charge in [-0.15, -0.1) is 0 Å². The summed E-state index contributed by atoms with van der Waals surface area (Å²) in [5, 5.41) is 3.19. The second-order valence-electron chi connectivity index (χ2n) is 8.62. The number of rotatable bonds is 6. The Bertz CT molecular complexity index is 1200. The van der Waals surface area contributed by atoms with Crippen LogP contribution in [0.1, 0.15) is 17.0 Å². The molecule has 1 fully saturated rings. The minimum atomic E-state index is -0.113. The second-order valence-corrected chi connectivity index (χ2v) is 8.62. The van der Waals surface area contributed by atoms with Gasteiger partial charge in [0.2, 0.25) is 5.91 Å². The number of carbonyl (C=O) groups excluding carboxylic acids is 1.